The van der Waals surface area contributed by atoms with E-state index in [1.807, 2.05) is 0 Å². The Morgan fingerprint density at radius 3 is 2.81 bits per heavy atom. The molecule has 0 aliphatic carbocycles. The molecule has 0 aliphatic heterocycles. The molecule has 0 heterocycles. The van der Waals surface area contributed by atoms with Crippen molar-refractivity contribution in [2.24, 2.45) is 0 Å². The number of hydrogen-bond acceptors (Lipinski definition) is 5. The van der Waals surface area contributed by atoms with Crippen LogP contribution in [0.4, 0.5) is 5.69 Å². The molecule has 0 amide bonds. The fraction of sp³-hybridized carbons (Fsp3) is 0.400. The molecule has 6 heteroatoms. The summed E-state index contributed by atoms with van der Waals surface area (Å²) in [4.78, 5) is 10.2. The molecule has 88 valence electrons. The van der Waals surface area contributed by atoms with Crippen molar-refractivity contribution < 1.29 is 19.5 Å². The minimum atomic E-state index is -0.531. The standard InChI is InChI=1S/C10H13NO5/c1-15-8-3-4-10(16-6-2-5-12)9(7-8)11(13)14/h3-4,7,12H,2,5-6H2,1H3. The number of nitro benzene ring substituents is 1. The fourth-order valence-corrected chi connectivity index (χ4v) is 1.14. The third-order valence-corrected chi connectivity index (χ3v) is 1.92. The van der Waals surface area contributed by atoms with E-state index in [1.54, 1.807) is 6.07 Å². The number of hydrogen-bond donors (Lipinski definition) is 1. The second-order valence-corrected chi connectivity index (χ2v) is 3.02. The lowest BCUT2D eigenvalue weighted by Gasteiger charge is -2.06. The third kappa shape index (κ3) is 3.09. The van der Waals surface area contributed by atoms with Crippen molar-refractivity contribution in [2.75, 3.05) is 20.3 Å². The maximum atomic E-state index is 10.7. The lowest BCUT2D eigenvalue weighted by molar-refractivity contribution is -0.385. The molecule has 0 unspecified atom stereocenters. The number of aliphatic hydroxyl groups excluding tert-OH is 1. The van der Waals surface area contributed by atoms with Gasteiger partial charge in [-0.05, 0) is 12.1 Å². The van der Waals surface area contributed by atoms with Gasteiger partial charge in [-0.2, -0.15) is 0 Å². The van der Waals surface area contributed by atoms with Gasteiger partial charge < -0.3 is 14.6 Å². The maximum absolute atomic E-state index is 10.7. The highest BCUT2D eigenvalue weighted by Crippen LogP contribution is 2.30. The lowest BCUT2D eigenvalue weighted by atomic mass is 10.3. The fourth-order valence-electron chi connectivity index (χ4n) is 1.14. The second kappa shape index (κ2) is 5.92. The van der Waals surface area contributed by atoms with Crippen molar-refractivity contribution in [3.8, 4) is 11.5 Å². The van der Waals surface area contributed by atoms with Gasteiger partial charge in [0.2, 0.25) is 0 Å². The maximum Gasteiger partial charge on any atom is 0.314 e. The van der Waals surface area contributed by atoms with Crippen LogP contribution in [0.5, 0.6) is 11.5 Å². The van der Waals surface area contributed by atoms with E-state index in [1.165, 1.54) is 19.2 Å². The zero-order valence-corrected chi connectivity index (χ0v) is 8.88. The van der Waals surface area contributed by atoms with E-state index < -0.39 is 4.92 Å². The first-order valence-electron chi connectivity index (χ1n) is 4.75. The van der Waals surface area contributed by atoms with E-state index in [9.17, 15) is 10.1 Å². The summed E-state index contributed by atoms with van der Waals surface area (Å²) in [6.45, 7) is 0.230. The van der Waals surface area contributed by atoms with Crippen molar-refractivity contribution in [1.29, 1.82) is 0 Å². The molecule has 0 radical (unpaired) electrons. The molecule has 1 aromatic carbocycles. The Balaban J connectivity index is 2.85. The predicted molar refractivity (Wildman–Crippen MR) is 56.8 cm³/mol. The Kier molecular flexibility index (Phi) is 4.53. The summed E-state index contributed by atoms with van der Waals surface area (Å²) in [5.41, 5.74) is -0.141. The van der Waals surface area contributed by atoms with Gasteiger partial charge in [-0.3, -0.25) is 10.1 Å². The molecule has 0 aromatic heterocycles. The molecular formula is C10H13NO5. The highest BCUT2D eigenvalue weighted by atomic mass is 16.6. The van der Waals surface area contributed by atoms with Crippen molar-refractivity contribution in [2.45, 2.75) is 6.42 Å². The molecule has 6 nitrogen and oxygen atoms in total. The van der Waals surface area contributed by atoms with Crippen molar-refractivity contribution in [1.82, 2.24) is 0 Å². The van der Waals surface area contributed by atoms with Crippen LogP contribution in [0.3, 0.4) is 0 Å². The van der Waals surface area contributed by atoms with Crippen LogP contribution in [0, 0.1) is 10.1 Å². The number of ether oxygens (including phenoxy) is 2. The summed E-state index contributed by atoms with van der Waals surface area (Å²) in [6.07, 6.45) is 0.434. The Hall–Kier alpha value is -1.82. The van der Waals surface area contributed by atoms with E-state index in [2.05, 4.69) is 0 Å². The van der Waals surface area contributed by atoms with E-state index in [0.29, 0.717) is 12.2 Å². The van der Waals surface area contributed by atoms with Gasteiger partial charge in [-0.1, -0.05) is 0 Å². The Morgan fingerprint density at radius 2 is 2.25 bits per heavy atom. The molecule has 0 spiro atoms. The normalized spacial score (nSPS) is 9.88. The minimum Gasteiger partial charge on any atom is -0.496 e. The Morgan fingerprint density at radius 1 is 1.50 bits per heavy atom. The summed E-state index contributed by atoms with van der Waals surface area (Å²) in [7, 11) is 1.44. The topological polar surface area (TPSA) is 81.8 Å². The summed E-state index contributed by atoms with van der Waals surface area (Å²) in [5.74, 6) is 0.584. The molecule has 1 N–H and O–H groups in total. The number of benzene rings is 1. The molecule has 0 bridgehead atoms. The van der Waals surface area contributed by atoms with Crippen molar-refractivity contribution >= 4 is 5.69 Å². The van der Waals surface area contributed by atoms with Gasteiger partial charge in [0.25, 0.3) is 0 Å². The van der Waals surface area contributed by atoms with Gasteiger partial charge in [-0.15, -0.1) is 0 Å². The van der Waals surface area contributed by atoms with Gasteiger partial charge in [0.1, 0.15) is 5.75 Å². The molecule has 1 rings (SSSR count). The largest absolute Gasteiger partial charge is 0.496 e. The number of nitro groups is 1. The highest BCUT2D eigenvalue weighted by molar-refractivity contribution is 5.50. The van der Waals surface area contributed by atoms with Crippen LogP contribution in [0.1, 0.15) is 6.42 Å². The van der Waals surface area contributed by atoms with Crippen LogP contribution in [-0.2, 0) is 0 Å². The van der Waals surface area contributed by atoms with E-state index in [-0.39, 0.29) is 24.7 Å². The van der Waals surface area contributed by atoms with Gasteiger partial charge in [0, 0.05) is 13.0 Å². The molecule has 0 fully saturated rings. The van der Waals surface area contributed by atoms with Crippen LogP contribution < -0.4 is 9.47 Å². The van der Waals surface area contributed by atoms with Gasteiger partial charge in [0.05, 0.1) is 24.7 Å². The molecule has 0 saturated heterocycles. The first-order chi connectivity index (χ1) is 7.69. The molecule has 16 heavy (non-hydrogen) atoms. The number of rotatable bonds is 6. The smallest absolute Gasteiger partial charge is 0.314 e. The van der Waals surface area contributed by atoms with E-state index >= 15 is 0 Å². The van der Waals surface area contributed by atoms with Crippen LogP contribution in [0.25, 0.3) is 0 Å². The van der Waals surface area contributed by atoms with Crippen LogP contribution in [0.2, 0.25) is 0 Å². The molecule has 1 aromatic rings. The highest BCUT2D eigenvalue weighted by Gasteiger charge is 2.16. The Bertz CT molecular complexity index is 366. The number of aliphatic hydroxyl groups is 1. The number of methoxy groups -OCH3 is 1. The SMILES string of the molecule is COc1ccc(OCCCO)c([N+](=O)[O-])c1. The summed E-state index contributed by atoms with van der Waals surface area (Å²) >= 11 is 0. The van der Waals surface area contributed by atoms with Gasteiger partial charge in [-0.25, -0.2) is 0 Å². The van der Waals surface area contributed by atoms with Crippen LogP contribution in [-0.4, -0.2) is 30.4 Å². The second-order valence-electron chi connectivity index (χ2n) is 3.02. The first kappa shape index (κ1) is 12.3. The van der Waals surface area contributed by atoms with Crippen LogP contribution >= 0.6 is 0 Å². The average molecular weight is 227 g/mol. The van der Waals surface area contributed by atoms with Crippen LogP contribution in [0.15, 0.2) is 18.2 Å². The van der Waals surface area contributed by atoms with Gasteiger partial charge >= 0.3 is 5.69 Å². The van der Waals surface area contributed by atoms with Crippen molar-refractivity contribution in [3.05, 3.63) is 28.3 Å². The molecule has 0 saturated carbocycles. The summed E-state index contributed by atoms with van der Waals surface area (Å²) < 4.78 is 10.1. The van der Waals surface area contributed by atoms with Gasteiger partial charge in [0.15, 0.2) is 5.75 Å². The Labute approximate surface area is 92.6 Å². The predicted octanol–water partition coefficient (Wildman–Crippen LogP) is 1.36. The summed E-state index contributed by atoms with van der Waals surface area (Å²) in [5, 5.41) is 19.3. The summed E-state index contributed by atoms with van der Waals surface area (Å²) in [6, 6.07) is 4.36. The molecule has 0 atom stereocenters. The number of nitrogens with zero attached hydrogens (tertiary/aromatic N) is 1. The monoisotopic (exact) mass is 227 g/mol. The zero-order valence-electron chi connectivity index (χ0n) is 8.88. The zero-order chi connectivity index (χ0) is 12.0. The van der Waals surface area contributed by atoms with E-state index in [4.69, 9.17) is 14.6 Å². The van der Waals surface area contributed by atoms with Crippen molar-refractivity contribution in [3.63, 3.8) is 0 Å². The lowest BCUT2D eigenvalue weighted by Crippen LogP contribution is -2.02. The molecular weight excluding hydrogens is 214 g/mol. The third-order valence-electron chi connectivity index (χ3n) is 1.92. The molecule has 0 aliphatic rings. The average Bonchev–Trinajstić information content (AvgIpc) is 2.29. The first-order valence-corrected chi connectivity index (χ1v) is 4.75. The minimum absolute atomic E-state index is 0.00997. The quantitative estimate of drug-likeness (QED) is 0.451. The van der Waals surface area contributed by atoms with E-state index in [0.717, 1.165) is 0 Å².